The van der Waals surface area contributed by atoms with Gasteiger partial charge in [0.1, 0.15) is 12.4 Å². The van der Waals surface area contributed by atoms with Gasteiger partial charge < -0.3 is 13.9 Å². The number of rotatable bonds is 6. The average molecular weight is 210 g/mol. The molecule has 0 aliphatic rings. The summed E-state index contributed by atoms with van der Waals surface area (Å²) in [6.07, 6.45) is 4.42. The van der Waals surface area contributed by atoms with Crippen molar-refractivity contribution in [2.75, 3.05) is 19.8 Å². The lowest BCUT2D eigenvalue weighted by Gasteiger charge is -2.00. The molecule has 15 heavy (non-hydrogen) atoms. The Morgan fingerprint density at radius 2 is 2.40 bits per heavy atom. The van der Waals surface area contributed by atoms with Gasteiger partial charge in [-0.3, -0.25) is 0 Å². The Kier molecular flexibility index (Phi) is 5.25. The van der Waals surface area contributed by atoms with Gasteiger partial charge in [-0.1, -0.05) is 0 Å². The molecule has 0 N–H and O–H groups in total. The molecule has 0 unspecified atom stereocenters. The summed E-state index contributed by atoms with van der Waals surface area (Å²) >= 11 is 0. The Bertz CT molecular complexity index is 300. The average Bonchev–Trinajstić information content (AvgIpc) is 2.74. The number of hydrogen-bond donors (Lipinski definition) is 0. The van der Waals surface area contributed by atoms with Crippen molar-refractivity contribution in [3.63, 3.8) is 0 Å². The van der Waals surface area contributed by atoms with Gasteiger partial charge in [0.15, 0.2) is 0 Å². The molecule has 0 amide bonds. The van der Waals surface area contributed by atoms with Gasteiger partial charge in [-0.15, -0.1) is 0 Å². The Morgan fingerprint density at radius 3 is 3.07 bits per heavy atom. The molecule has 0 saturated carbocycles. The molecule has 0 aromatic carbocycles. The van der Waals surface area contributed by atoms with Gasteiger partial charge in [0.05, 0.1) is 12.9 Å². The zero-order chi connectivity index (χ0) is 10.9. The van der Waals surface area contributed by atoms with Crippen LogP contribution in [-0.4, -0.2) is 25.8 Å². The van der Waals surface area contributed by atoms with Crippen LogP contribution in [0.5, 0.6) is 0 Å². The van der Waals surface area contributed by atoms with Crippen molar-refractivity contribution in [3.8, 4) is 0 Å². The molecule has 0 aliphatic carbocycles. The van der Waals surface area contributed by atoms with Crippen LogP contribution >= 0.6 is 0 Å². The van der Waals surface area contributed by atoms with E-state index in [1.165, 1.54) is 6.08 Å². The standard InChI is InChI=1S/C11H14O4/c1-2-13-8-9-15-11(12)6-5-10-4-3-7-14-10/h3-7H,2,8-9H2,1H3. The molecule has 4 nitrogen and oxygen atoms in total. The van der Waals surface area contributed by atoms with Crippen molar-refractivity contribution >= 4 is 12.0 Å². The van der Waals surface area contributed by atoms with Gasteiger partial charge >= 0.3 is 5.97 Å². The Balaban J connectivity index is 2.18. The van der Waals surface area contributed by atoms with Crippen molar-refractivity contribution in [1.82, 2.24) is 0 Å². The molecular weight excluding hydrogens is 196 g/mol. The molecule has 1 aromatic heterocycles. The van der Waals surface area contributed by atoms with Crippen LogP contribution in [0.25, 0.3) is 6.08 Å². The second-order valence-electron chi connectivity index (χ2n) is 2.71. The van der Waals surface area contributed by atoms with E-state index in [9.17, 15) is 4.79 Å². The SMILES string of the molecule is CCOCCOC(=O)C=Cc1ccco1. The first-order chi connectivity index (χ1) is 7.33. The zero-order valence-electron chi connectivity index (χ0n) is 8.64. The highest BCUT2D eigenvalue weighted by molar-refractivity contribution is 5.86. The van der Waals surface area contributed by atoms with E-state index in [1.807, 2.05) is 6.92 Å². The predicted octanol–water partition coefficient (Wildman–Crippen LogP) is 1.87. The quantitative estimate of drug-likeness (QED) is 0.408. The van der Waals surface area contributed by atoms with Crippen LogP contribution in [0.15, 0.2) is 28.9 Å². The normalized spacial score (nSPS) is 10.7. The van der Waals surface area contributed by atoms with Crippen molar-refractivity contribution in [1.29, 1.82) is 0 Å². The van der Waals surface area contributed by atoms with Crippen molar-refractivity contribution < 1.29 is 18.7 Å². The predicted molar refractivity (Wildman–Crippen MR) is 55.2 cm³/mol. The van der Waals surface area contributed by atoms with Crippen molar-refractivity contribution in [2.45, 2.75) is 6.92 Å². The lowest BCUT2D eigenvalue weighted by molar-refractivity contribution is -0.139. The molecule has 0 radical (unpaired) electrons. The third-order valence-corrected chi connectivity index (χ3v) is 1.60. The summed E-state index contributed by atoms with van der Waals surface area (Å²) in [6, 6.07) is 3.50. The van der Waals surface area contributed by atoms with E-state index in [2.05, 4.69) is 0 Å². The van der Waals surface area contributed by atoms with Crippen LogP contribution in [0.2, 0.25) is 0 Å². The number of carbonyl (C=O) groups is 1. The molecule has 1 heterocycles. The highest BCUT2D eigenvalue weighted by Crippen LogP contribution is 2.02. The van der Waals surface area contributed by atoms with Crippen LogP contribution in [0.1, 0.15) is 12.7 Å². The van der Waals surface area contributed by atoms with E-state index in [-0.39, 0.29) is 6.61 Å². The maximum atomic E-state index is 11.1. The highest BCUT2D eigenvalue weighted by Gasteiger charge is 1.96. The topological polar surface area (TPSA) is 48.7 Å². The monoisotopic (exact) mass is 210 g/mol. The van der Waals surface area contributed by atoms with E-state index in [1.54, 1.807) is 24.5 Å². The summed E-state index contributed by atoms with van der Waals surface area (Å²) < 4.78 is 14.9. The molecular formula is C11H14O4. The van der Waals surface area contributed by atoms with E-state index in [0.29, 0.717) is 19.0 Å². The minimum Gasteiger partial charge on any atom is -0.465 e. The molecule has 4 heteroatoms. The summed E-state index contributed by atoms with van der Waals surface area (Å²) in [5.41, 5.74) is 0. The first-order valence-corrected chi connectivity index (χ1v) is 4.79. The third-order valence-electron chi connectivity index (χ3n) is 1.60. The summed E-state index contributed by atoms with van der Waals surface area (Å²) in [5.74, 6) is 0.225. The summed E-state index contributed by atoms with van der Waals surface area (Å²) in [6.45, 7) is 3.21. The van der Waals surface area contributed by atoms with Gasteiger partial charge in [-0.25, -0.2) is 4.79 Å². The summed E-state index contributed by atoms with van der Waals surface area (Å²) in [7, 11) is 0. The fourth-order valence-corrected chi connectivity index (χ4v) is 0.930. The van der Waals surface area contributed by atoms with Crippen molar-refractivity contribution in [2.24, 2.45) is 0 Å². The number of hydrogen-bond acceptors (Lipinski definition) is 4. The number of furan rings is 1. The van der Waals surface area contributed by atoms with Gasteiger partial charge in [0, 0.05) is 12.7 Å². The lowest BCUT2D eigenvalue weighted by atomic mass is 10.4. The number of esters is 1. The van der Waals surface area contributed by atoms with Gasteiger partial charge in [-0.2, -0.15) is 0 Å². The highest BCUT2D eigenvalue weighted by atomic mass is 16.6. The first kappa shape index (κ1) is 11.5. The maximum Gasteiger partial charge on any atom is 0.330 e. The lowest BCUT2D eigenvalue weighted by Crippen LogP contribution is -2.08. The molecule has 0 bridgehead atoms. The van der Waals surface area contributed by atoms with Crippen molar-refractivity contribution in [3.05, 3.63) is 30.2 Å². The van der Waals surface area contributed by atoms with E-state index >= 15 is 0 Å². The fourth-order valence-electron chi connectivity index (χ4n) is 0.930. The van der Waals surface area contributed by atoms with Gasteiger partial charge in [-0.05, 0) is 25.1 Å². The smallest absolute Gasteiger partial charge is 0.330 e. The molecule has 0 atom stereocenters. The second-order valence-corrected chi connectivity index (χ2v) is 2.71. The van der Waals surface area contributed by atoms with Crippen LogP contribution in [-0.2, 0) is 14.3 Å². The van der Waals surface area contributed by atoms with Crippen LogP contribution < -0.4 is 0 Å². The molecule has 82 valence electrons. The van der Waals surface area contributed by atoms with E-state index in [0.717, 1.165) is 0 Å². The Labute approximate surface area is 88.5 Å². The van der Waals surface area contributed by atoms with E-state index < -0.39 is 5.97 Å². The molecule has 0 spiro atoms. The maximum absolute atomic E-state index is 11.1. The second kappa shape index (κ2) is 6.84. The van der Waals surface area contributed by atoms with Gasteiger partial charge in [0.2, 0.25) is 0 Å². The summed E-state index contributed by atoms with van der Waals surface area (Å²) in [4.78, 5) is 11.1. The third kappa shape index (κ3) is 5.02. The van der Waals surface area contributed by atoms with E-state index in [4.69, 9.17) is 13.9 Å². The largest absolute Gasteiger partial charge is 0.465 e. The van der Waals surface area contributed by atoms with Crippen LogP contribution in [0.4, 0.5) is 0 Å². The minimum absolute atomic E-state index is 0.273. The fraction of sp³-hybridized carbons (Fsp3) is 0.364. The molecule has 0 saturated heterocycles. The zero-order valence-corrected chi connectivity index (χ0v) is 8.64. The van der Waals surface area contributed by atoms with Crippen LogP contribution in [0.3, 0.4) is 0 Å². The molecule has 0 aliphatic heterocycles. The molecule has 0 fully saturated rings. The first-order valence-electron chi connectivity index (χ1n) is 4.79. The Morgan fingerprint density at radius 1 is 1.53 bits per heavy atom. The minimum atomic E-state index is -0.397. The number of carbonyl (C=O) groups excluding carboxylic acids is 1. The van der Waals surface area contributed by atoms with Gasteiger partial charge in [0.25, 0.3) is 0 Å². The molecule has 1 rings (SSSR count). The van der Waals surface area contributed by atoms with Crippen LogP contribution in [0, 0.1) is 0 Å². The summed E-state index contributed by atoms with van der Waals surface area (Å²) in [5, 5.41) is 0. The Hall–Kier alpha value is -1.55. The number of ether oxygens (including phenoxy) is 2. The molecule has 1 aromatic rings.